The zero-order valence-corrected chi connectivity index (χ0v) is 13.8. The van der Waals surface area contributed by atoms with Gasteiger partial charge in [0.25, 0.3) is 0 Å². The summed E-state index contributed by atoms with van der Waals surface area (Å²) in [7, 11) is 0. The first-order valence-corrected chi connectivity index (χ1v) is 8.97. The zero-order valence-electron chi connectivity index (χ0n) is 13.0. The van der Waals surface area contributed by atoms with E-state index in [4.69, 9.17) is 4.74 Å². The highest BCUT2D eigenvalue weighted by Crippen LogP contribution is 2.39. The van der Waals surface area contributed by atoms with Crippen LogP contribution in [0.2, 0.25) is 0 Å². The normalized spacial score (nSPS) is 28.1. The minimum absolute atomic E-state index is 0.00179. The molecule has 1 saturated heterocycles. The monoisotopic (exact) mass is 318 g/mol. The van der Waals surface area contributed by atoms with Gasteiger partial charge in [-0.3, -0.25) is 4.79 Å². The number of carbonyl (C=O) groups excluding carboxylic acids is 1. The molecule has 2 heterocycles. The summed E-state index contributed by atoms with van der Waals surface area (Å²) in [6, 6.07) is 4.40. The highest BCUT2D eigenvalue weighted by atomic mass is 32.1. The van der Waals surface area contributed by atoms with Crippen LogP contribution < -0.4 is 0 Å². The minimum Gasteiger partial charge on any atom is -0.367 e. The van der Waals surface area contributed by atoms with E-state index in [1.54, 1.807) is 11.3 Å². The molecule has 1 amide bonds. The van der Waals surface area contributed by atoms with Crippen LogP contribution in [0.25, 0.3) is 0 Å². The van der Waals surface area contributed by atoms with E-state index in [0.29, 0.717) is 25.9 Å². The maximum atomic E-state index is 13.0. The van der Waals surface area contributed by atoms with Crippen LogP contribution >= 0.6 is 11.3 Å². The first-order valence-electron chi connectivity index (χ1n) is 8.03. The van der Waals surface area contributed by atoms with E-state index in [9.17, 15) is 10.1 Å². The molecule has 2 atom stereocenters. The standard InChI is InChI=1S/C17H22N2O2S/c1-13-9-19(10-15(21-13)14-5-8-22-11-14)16(20)17(12-18)6-3-2-4-7-17/h5,8,11,13,15H,2-4,6-7,9-10H2,1H3/t13-,15+/m0/s1. The summed E-state index contributed by atoms with van der Waals surface area (Å²) in [5.74, 6) is 0.0186. The molecular formula is C17H22N2O2S. The van der Waals surface area contributed by atoms with Gasteiger partial charge in [-0.15, -0.1) is 0 Å². The Morgan fingerprint density at radius 1 is 1.41 bits per heavy atom. The van der Waals surface area contributed by atoms with Gasteiger partial charge in [-0.25, -0.2) is 0 Å². The summed E-state index contributed by atoms with van der Waals surface area (Å²) in [4.78, 5) is 14.9. The first-order chi connectivity index (χ1) is 10.6. The summed E-state index contributed by atoms with van der Waals surface area (Å²) < 4.78 is 5.99. The molecule has 0 unspecified atom stereocenters. The Kier molecular flexibility index (Phi) is 4.51. The third-order valence-corrected chi connectivity index (χ3v) is 5.49. The van der Waals surface area contributed by atoms with Crippen molar-refractivity contribution >= 4 is 17.2 Å². The lowest BCUT2D eigenvalue weighted by molar-refractivity contribution is -0.153. The fourth-order valence-corrected chi connectivity index (χ4v) is 4.29. The number of nitriles is 1. The second-order valence-electron chi connectivity index (χ2n) is 6.46. The summed E-state index contributed by atoms with van der Waals surface area (Å²) in [5, 5.41) is 13.7. The molecule has 0 aromatic carbocycles. The lowest BCUT2D eigenvalue weighted by atomic mass is 9.74. The molecule has 1 aromatic heterocycles. The number of hydrogen-bond acceptors (Lipinski definition) is 4. The number of morpholine rings is 1. The molecule has 4 nitrogen and oxygen atoms in total. The Morgan fingerprint density at radius 3 is 2.82 bits per heavy atom. The number of nitrogens with zero attached hydrogens (tertiary/aromatic N) is 2. The summed E-state index contributed by atoms with van der Waals surface area (Å²) in [5.41, 5.74) is 0.332. The van der Waals surface area contributed by atoms with Crippen LogP contribution in [0.1, 0.15) is 50.7 Å². The fourth-order valence-electron chi connectivity index (χ4n) is 3.59. The van der Waals surface area contributed by atoms with Gasteiger partial charge >= 0.3 is 0 Å². The van der Waals surface area contributed by atoms with Crippen molar-refractivity contribution in [3.8, 4) is 6.07 Å². The molecule has 1 aromatic rings. The molecule has 1 aliphatic carbocycles. The Bertz CT molecular complexity index is 558. The highest BCUT2D eigenvalue weighted by molar-refractivity contribution is 7.07. The zero-order chi connectivity index (χ0) is 15.6. The molecule has 0 bridgehead atoms. The molecule has 22 heavy (non-hydrogen) atoms. The van der Waals surface area contributed by atoms with Crippen LogP contribution in [0.4, 0.5) is 0 Å². The largest absolute Gasteiger partial charge is 0.367 e. The van der Waals surface area contributed by atoms with E-state index in [1.807, 2.05) is 17.2 Å². The van der Waals surface area contributed by atoms with Gasteiger partial charge in [-0.05, 0) is 42.2 Å². The maximum absolute atomic E-state index is 13.0. The van der Waals surface area contributed by atoms with E-state index in [2.05, 4.69) is 17.5 Å². The molecule has 2 aliphatic rings. The topological polar surface area (TPSA) is 53.3 Å². The van der Waals surface area contributed by atoms with E-state index < -0.39 is 5.41 Å². The highest BCUT2D eigenvalue weighted by Gasteiger charge is 2.44. The number of amides is 1. The molecular weight excluding hydrogens is 296 g/mol. The van der Waals surface area contributed by atoms with Gasteiger partial charge in [-0.1, -0.05) is 19.3 Å². The van der Waals surface area contributed by atoms with E-state index >= 15 is 0 Å². The van der Waals surface area contributed by atoms with Gasteiger partial charge in [0.15, 0.2) is 0 Å². The van der Waals surface area contributed by atoms with Crippen molar-refractivity contribution in [3.05, 3.63) is 22.4 Å². The Morgan fingerprint density at radius 2 is 2.18 bits per heavy atom. The molecule has 5 heteroatoms. The molecule has 1 saturated carbocycles. The quantitative estimate of drug-likeness (QED) is 0.838. The van der Waals surface area contributed by atoms with Crippen molar-refractivity contribution in [1.82, 2.24) is 4.90 Å². The van der Waals surface area contributed by atoms with E-state index in [-0.39, 0.29) is 18.1 Å². The lowest BCUT2D eigenvalue weighted by Crippen LogP contribution is -2.51. The minimum atomic E-state index is -0.797. The van der Waals surface area contributed by atoms with Gasteiger partial charge in [0, 0.05) is 6.54 Å². The lowest BCUT2D eigenvalue weighted by Gasteiger charge is -2.41. The van der Waals surface area contributed by atoms with Crippen molar-refractivity contribution in [2.24, 2.45) is 5.41 Å². The number of hydrogen-bond donors (Lipinski definition) is 0. The third kappa shape index (κ3) is 2.90. The van der Waals surface area contributed by atoms with Gasteiger partial charge in [0.1, 0.15) is 11.5 Å². The van der Waals surface area contributed by atoms with Crippen molar-refractivity contribution in [2.45, 2.75) is 51.2 Å². The summed E-state index contributed by atoms with van der Waals surface area (Å²) >= 11 is 1.64. The van der Waals surface area contributed by atoms with Crippen LogP contribution in [0.3, 0.4) is 0 Å². The predicted octanol–water partition coefficient (Wildman–Crippen LogP) is 3.51. The maximum Gasteiger partial charge on any atom is 0.243 e. The SMILES string of the molecule is C[C@H]1CN(C(=O)C2(C#N)CCCCC2)C[C@H](c2ccsc2)O1. The molecule has 2 fully saturated rings. The van der Waals surface area contributed by atoms with Crippen molar-refractivity contribution in [2.75, 3.05) is 13.1 Å². The molecule has 0 N–H and O–H groups in total. The number of thiophene rings is 1. The Hall–Kier alpha value is -1.38. The number of ether oxygens (including phenoxy) is 1. The molecule has 0 radical (unpaired) electrons. The predicted molar refractivity (Wildman–Crippen MR) is 85.3 cm³/mol. The van der Waals surface area contributed by atoms with Crippen LogP contribution in [-0.4, -0.2) is 30.0 Å². The van der Waals surface area contributed by atoms with Gasteiger partial charge in [0.2, 0.25) is 5.91 Å². The number of rotatable bonds is 2. The van der Waals surface area contributed by atoms with Gasteiger partial charge in [0.05, 0.1) is 18.7 Å². The molecule has 118 valence electrons. The van der Waals surface area contributed by atoms with E-state index in [0.717, 1.165) is 24.8 Å². The van der Waals surface area contributed by atoms with Crippen molar-refractivity contribution in [3.63, 3.8) is 0 Å². The van der Waals surface area contributed by atoms with Crippen molar-refractivity contribution in [1.29, 1.82) is 5.26 Å². The Balaban J connectivity index is 1.78. The van der Waals surface area contributed by atoms with Gasteiger partial charge in [-0.2, -0.15) is 16.6 Å². The first kappa shape index (κ1) is 15.5. The second kappa shape index (κ2) is 6.39. The fraction of sp³-hybridized carbons (Fsp3) is 0.647. The molecule has 3 rings (SSSR count). The Labute approximate surface area is 135 Å². The molecule has 0 spiro atoms. The van der Waals surface area contributed by atoms with Gasteiger partial charge < -0.3 is 9.64 Å². The summed E-state index contributed by atoms with van der Waals surface area (Å²) in [6.45, 7) is 3.14. The van der Waals surface area contributed by atoms with Crippen LogP contribution in [0.5, 0.6) is 0 Å². The number of carbonyl (C=O) groups is 1. The molecule has 1 aliphatic heterocycles. The van der Waals surface area contributed by atoms with Crippen molar-refractivity contribution < 1.29 is 9.53 Å². The summed E-state index contributed by atoms with van der Waals surface area (Å²) in [6.07, 6.45) is 4.43. The average Bonchev–Trinajstić information content (AvgIpc) is 3.09. The van der Waals surface area contributed by atoms with Crippen LogP contribution in [0, 0.1) is 16.7 Å². The third-order valence-electron chi connectivity index (χ3n) is 4.79. The second-order valence-corrected chi connectivity index (χ2v) is 7.24. The van der Waals surface area contributed by atoms with Crippen LogP contribution in [0.15, 0.2) is 16.8 Å². The smallest absolute Gasteiger partial charge is 0.243 e. The van der Waals surface area contributed by atoms with E-state index in [1.165, 1.54) is 0 Å². The van der Waals surface area contributed by atoms with Crippen LogP contribution in [-0.2, 0) is 9.53 Å². The average molecular weight is 318 g/mol.